The van der Waals surface area contributed by atoms with Crippen LogP contribution in [0.1, 0.15) is 111 Å². The monoisotopic (exact) mass is 648 g/mol. The Bertz CT molecular complexity index is 1430. The van der Waals surface area contributed by atoms with Gasteiger partial charge in [0.2, 0.25) is 10.9 Å². The Morgan fingerprint density at radius 2 is 1.43 bits per heavy atom. The molecule has 0 radical (unpaired) electrons. The van der Waals surface area contributed by atoms with Crippen LogP contribution in [0.4, 0.5) is 0 Å². The number of methoxy groups -OCH3 is 1. The van der Waals surface area contributed by atoms with Crippen LogP contribution in [0.25, 0.3) is 27.8 Å². The molecule has 0 saturated carbocycles. The first kappa shape index (κ1) is 36.5. The van der Waals surface area contributed by atoms with Crippen molar-refractivity contribution < 1.29 is 28.6 Å². The molecular formula is C37H48N2O6S. The summed E-state index contributed by atoms with van der Waals surface area (Å²) in [6, 6.07) is 12.7. The van der Waals surface area contributed by atoms with E-state index in [2.05, 4.69) is 17.2 Å². The van der Waals surface area contributed by atoms with Crippen molar-refractivity contribution in [1.29, 1.82) is 0 Å². The van der Waals surface area contributed by atoms with Gasteiger partial charge in [0.05, 0.1) is 36.5 Å². The molecule has 1 aromatic heterocycles. The molecule has 9 heteroatoms. The topological polar surface area (TPSA) is 104 Å². The zero-order valence-electron chi connectivity index (χ0n) is 27.7. The summed E-state index contributed by atoms with van der Waals surface area (Å²) in [5.74, 6) is -0.641. The summed E-state index contributed by atoms with van der Waals surface area (Å²) in [5, 5.41) is 3.19. The number of benzene rings is 2. The van der Waals surface area contributed by atoms with Crippen LogP contribution in [0.5, 0.6) is 5.75 Å². The Morgan fingerprint density at radius 1 is 0.804 bits per heavy atom. The third-order valence-electron chi connectivity index (χ3n) is 7.47. The highest BCUT2D eigenvalue weighted by Gasteiger charge is 2.23. The van der Waals surface area contributed by atoms with E-state index in [1.165, 1.54) is 69.8 Å². The van der Waals surface area contributed by atoms with Gasteiger partial charge >= 0.3 is 11.9 Å². The maximum atomic E-state index is 12.6. The van der Waals surface area contributed by atoms with Crippen molar-refractivity contribution in [3.05, 3.63) is 64.7 Å². The first-order chi connectivity index (χ1) is 22.4. The van der Waals surface area contributed by atoms with Crippen LogP contribution in [0.2, 0.25) is 0 Å². The number of aromatic nitrogens is 1. The number of esters is 2. The molecule has 1 heterocycles. The normalized spacial score (nSPS) is 11.0. The molecule has 2 aromatic carbocycles. The van der Waals surface area contributed by atoms with Crippen LogP contribution in [-0.2, 0) is 14.3 Å². The third kappa shape index (κ3) is 11.4. The van der Waals surface area contributed by atoms with E-state index in [1.54, 1.807) is 44.2 Å². The number of hydrogen-bond donors (Lipinski definition) is 1. The van der Waals surface area contributed by atoms with E-state index in [4.69, 9.17) is 14.2 Å². The Kier molecular flexibility index (Phi) is 16.0. The van der Waals surface area contributed by atoms with Crippen molar-refractivity contribution in [3.8, 4) is 27.4 Å². The second-order valence-electron chi connectivity index (χ2n) is 11.0. The lowest BCUT2D eigenvalue weighted by molar-refractivity contribution is -0.116. The molecule has 0 unspecified atom stereocenters. The van der Waals surface area contributed by atoms with E-state index < -0.39 is 11.9 Å². The van der Waals surface area contributed by atoms with Gasteiger partial charge in [-0.1, -0.05) is 89.0 Å². The molecule has 0 aliphatic rings. The Labute approximate surface area is 277 Å². The lowest BCUT2D eigenvalue weighted by atomic mass is 10.0. The van der Waals surface area contributed by atoms with Crippen LogP contribution in [0, 0.1) is 0 Å². The average Bonchev–Trinajstić information content (AvgIpc) is 3.52. The predicted molar refractivity (Wildman–Crippen MR) is 185 cm³/mol. The number of carbonyl (C=O) groups excluding carboxylic acids is 3. The fourth-order valence-electron chi connectivity index (χ4n) is 5.01. The molecule has 0 fully saturated rings. The van der Waals surface area contributed by atoms with Crippen LogP contribution in [0.3, 0.4) is 0 Å². The van der Waals surface area contributed by atoms with E-state index in [0.717, 1.165) is 28.8 Å². The maximum absolute atomic E-state index is 12.6. The van der Waals surface area contributed by atoms with E-state index in [9.17, 15) is 14.4 Å². The number of nitrogens with one attached hydrogen (secondary N) is 1. The second kappa shape index (κ2) is 20.2. The molecule has 1 amide bonds. The maximum Gasteiger partial charge on any atom is 0.367 e. The molecule has 3 aromatic rings. The van der Waals surface area contributed by atoms with Crippen molar-refractivity contribution in [2.75, 3.05) is 26.9 Å². The highest BCUT2D eigenvalue weighted by molar-refractivity contribution is 7.17. The van der Waals surface area contributed by atoms with E-state index in [0.29, 0.717) is 29.1 Å². The van der Waals surface area contributed by atoms with Crippen LogP contribution in [0.15, 0.2) is 48.5 Å². The molecule has 1 N–H and O–H groups in total. The molecule has 3 rings (SSSR count). The largest absolute Gasteiger partial charge is 0.496 e. The summed E-state index contributed by atoms with van der Waals surface area (Å²) in [7, 11) is 1.51. The Hall–Kier alpha value is -3.98. The minimum atomic E-state index is -0.509. The van der Waals surface area contributed by atoms with E-state index in [-0.39, 0.29) is 24.1 Å². The quantitative estimate of drug-likeness (QED) is 0.0741. The van der Waals surface area contributed by atoms with Gasteiger partial charge < -0.3 is 19.5 Å². The number of rotatable bonds is 20. The molecule has 46 heavy (non-hydrogen) atoms. The minimum Gasteiger partial charge on any atom is -0.496 e. The van der Waals surface area contributed by atoms with Gasteiger partial charge in [0.1, 0.15) is 5.75 Å². The van der Waals surface area contributed by atoms with Gasteiger partial charge in [-0.15, -0.1) is 11.3 Å². The standard InChI is InChI=1S/C37H48N2O6S/c1-5-8-9-10-11-12-13-14-15-16-25-38-32(40)24-19-27-17-20-28(21-18-27)34-33(39-35(46-34)37(42)45-7-3)30-23-22-29(26-31(30)43-4)36(41)44-6-2/h17-24,26H,5-16,25H2,1-4H3,(H,38,40). The lowest BCUT2D eigenvalue weighted by Gasteiger charge is -2.11. The highest BCUT2D eigenvalue weighted by Crippen LogP contribution is 2.41. The summed E-state index contributed by atoms with van der Waals surface area (Å²) < 4.78 is 16.0. The Morgan fingerprint density at radius 3 is 2.07 bits per heavy atom. The van der Waals surface area contributed by atoms with Gasteiger partial charge in [-0.25, -0.2) is 14.6 Å². The summed E-state index contributed by atoms with van der Waals surface area (Å²) in [4.78, 5) is 42.7. The number of amides is 1. The van der Waals surface area contributed by atoms with Gasteiger partial charge in [-0.3, -0.25) is 4.79 Å². The molecule has 0 bridgehead atoms. The molecule has 248 valence electrons. The van der Waals surface area contributed by atoms with Gasteiger partial charge in [0.15, 0.2) is 0 Å². The zero-order chi connectivity index (χ0) is 33.1. The molecule has 0 aliphatic carbocycles. The molecule has 8 nitrogen and oxygen atoms in total. The number of carbonyl (C=O) groups is 3. The van der Waals surface area contributed by atoms with Gasteiger partial charge in [-0.2, -0.15) is 0 Å². The first-order valence-corrected chi connectivity index (χ1v) is 17.3. The van der Waals surface area contributed by atoms with E-state index >= 15 is 0 Å². The average molecular weight is 649 g/mol. The van der Waals surface area contributed by atoms with E-state index in [1.807, 2.05) is 24.3 Å². The summed E-state index contributed by atoms with van der Waals surface area (Å²) >= 11 is 1.22. The fourth-order valence-corrected chi connectivity index (χ4v) is 5.99. The van der Waals surface area contributed by atoms with Crippen LogP contribution in [-0.4, -0.2) is 49.7 Å². The number of thiazole rings is 1. The predicted octanol–water partition coefficient (Wildman–Crippen LogP) is 8.89. The van der Waals surface area contributed by atoms with Crippen molar-refractivity contribution in [3.63, 3.8) is 0 Å². The minimum absolute atomic E-state index is 0.109. The van der Waals surface area contributed by atoms with Crippen molar-refractivity contribution in [2.45, 2.75) is 85.0 Å². The smallest absolute Gasteiger partial charge is 0.367 e. The molecule has 0 saturated heterocycles. The van der Waals surface area contributed by atoms with Crippen molar-refractivity contribution in [1.82, 2.24) is 10.3 Å². The number of nitrogens with zero attached hydrogens (tertiary/aromatic N) is 1. The van der Waals surface area contributed by atoms with Crippen LogP contribution < -0.4 is 10.1 Å². The Balaban J connectivity index is 1.64. The number of hydrogen-bond acceptors (Lipinski definition) is 8. The molecular weight excluding hydrogens is 600 g/mol. The SMILES string of the molecule is CCCCCCCCCCCCNC(=O)C=Cc1ccc(-c2sc(C(=O)OCC)nc2-c2ccc(C(=O)OCC)cc2OC)cc1. The highest BCUT2D eigenvalue weighted by atomic mass is 32.1. The fraction of sp³-hybridized carbons (Fsp3) is 0.459. The van der Waals surface area contributed by atoms with Gasteiger partial charge in [-0.05, 0) is 55.7 Å². The molecule has 0 spiro atoms. The van der Waals surface area contributed by atoms with Gasteiger partial charge in [0.25, 0.3) is 0 Å². The number of ether oxygens (including phenoxy) is 3. The number of unbranched alkanes of at least 4 members (excludes halogenated alkanes) is 9. The van der Waals surface area contributed by atoms with Gasteiger partial charge in [0, 0.05) is 18.2 Å². The lowest BCUT2D eigenvalue weighted by Crippen LogP contribution is -2.21. The van der Waals surface area contributed by atoms with Crippen LogP contribution >= 0.6 is 11.3 Å². The molecule has 0 aliphatic heterocycles. The van der Waals surface area contributed by atoms with Crippen molar-refractivity contribution >= 4 is 35.3 Å². The summed E-state index contributed by atoms with van der Waals surface area (Å²) in [5.41, 5.74) is 3.22. The third-order valence-corrected chi connectivity index (χ3v) is 8.56. The second-order valence-corrected chi connectivity index (χ2v) is 12.0. The summed E-state index contributed by atoms with van der Waals surface area (Å²) in [6.45, 7) is 6.91. The first-order valence-electron chi connectivity index (χ1n) is 16.5. The zero-order valence-corrected chi connectivity index (χ0v) is 28.5. The molecule has 0 atom stereocenters. The summed E-state index contributed by atoms with van der Waals surface area (Å²) in [6.07, 6.45) is 16.0. The van der Waals surface area contributed by atoms with Crippen molar-refractivity contribution in [2.24, 2.45) is 0 Å².